The molecule has 0 spiro atoms. The van der Waals surface area contributed by atoms with Gasteiger partial charge in [-0.2, -0.15) is 0 Å². The van der Waals surface area contributed by atoms with E-state index in [9.17, 15) is 9.59 Å². The van der Waals surface area contributed by atoms with Crippen LogP contribution in [0.15, 0.2) is 24.3 Å². The maximum absolute atomic E-state index is 12.6. The second-order valence-corrected chi connectivity index (χ2v) is 6.90. The van der Waals surface area contributed by atoms with Gasteiger partial charge in [-0.05, 0) is 49.3 Å². The van der Waals surface area contributed by atoms with E-state index in [1.165, 1.54) is 0 Å². The number of carboxylic acids is 1. The van der Waals surface area contributed by atoms with E-state index in [0.717, 1.165) is 24.9 Å². The van der Waals surface area contributed by atoms with Crippen molar-refractivity contribution in [2.75, 3.05) is 13.1 Å². The maximum atomic E-state index is 12.6. The van der Waals surface area contributed by atoms with Crippen LogP contribution in [-0.4, -0.2) is 35.0 Å². The van der Waals surface area contributed by atoms with E-state index in [0.29, 0.717) is 30.3 Å². The summed E-state index contributed by atoms with van der Waals surface area (Å²) in [6, 6.07) is 7.62. The molecule has 2 rings (SSSR count). The third-order valence-corrected chi connectivity index (χ3v) is 4.68. The number of aliphatic carboxylic acids is 1. The third kappa shape index (κ3) is 5.54. The molecule has 1 aliphatic heterocycles. The van der Waals surface area contributed by atoms with E-state index < -0.39 is 5.97 Å². The lowest BCUT2D eigenvalue weighted by atomic mass is 9.91. The first kappa shape index (κ1) is 17.8. The molecule has 1 aromatic rings. The van der Waals surface area contributed by atoms with Crippen LogP contribution in [0.3, 0.4) is 0 Å². The predicted octanol–water partition coefficient (Wildman–Crippen LogP) is 3.62. The maximum Gasteiger partial charge on any atom is 0.303 e. The molecule has 23 heavy (non-hydrogen) atoms. The summed E-state index contributed by atoms with van der Waals surface area (Å²) >= 11 is 5.99. The highest BCUT2D eigenvalue weighted by Gasteiger charge is 2.27. The molecule has 5 heteroatoms. The average molecular weight is 338 g/mol. The van der Waals surface area contributed by atoms with Gasteiger partial charge in [-0.15, -0.1) is 0 Å². The Morgan fingerprint density at radius 3 is 2.91 bits per heavy atom. The zero-order valence-corrected chi connectivity index (χ0v) is 14.3. The fourth-order valence-electron chi connectivity index (χ4n) is 3.24. The molecule has 1 aliphatic rings. The van der Waals surface area contributed by atoms with Gasteiger partial charge >= 0.3 is 5.97 Å². The zero-order chi connectivity index (χ0) is 16.8. The topological polar surface area (TPSA) is 57.6 Å². The van der Waals surface area contributed by atoms with Crippen molar-refractivity contribution in [3.63, 3.8) is 0 Å². The largest absolute Gasteiger partial charge is 0.481 e. The van der Waals surface area contributed by atoms with E-state index in [2.05, 4.69) is 0 Å². The Kier molecular flexibility index (Phi) is 6.46. The smallest absolute Gasteiger partial charge is 0.303 e. The highest BCUT2D eigenvalue weighted by Crippen LogP contribution is 2.23. The lowest BCUT2D eigenvalue weighted by Gasteiger charge is -2.34. The number of amides is 1. The summed E-state index contributed by atoms with van der Waals surface area (Å²) < 4.78 is 0. The summed E-state index contributed by atoms with van der Waals surface area (Å²) in [5, 5.41) is 9.49. The molecule has 0 radical (unpaired) electrons. The number of hydrogen-bond acceptors (Lipinski definition) is 2. The summed E-state index contributed by atoms with van der Waals surface area (Å²) in [6.07, 6.45) is 3.49. The second-order valence-electron chi connectivity index (χ2n) is 6.46. The van der Waals surface area contributed by atoms with Gasteiger partial charge in [0.2, 0.25) is 5.91 Å². The summed E-state index contributed by atoms with van der Waals surface area (Å²) in [6.45, 7) is 3.42. The Hall–Kier alpha value is -1.55. The monoisotopic (exact) mass is 337 g/mol. The van der Waals surface area contributed by atoms with Gasteiger partial charge in [0.15, 0.2) is 0 Å². The van der Waals surface area contributed by atoms with Gasteiger partial charge < -0.3 is 10.0 Å². The standard InChI is InChI=1S/C18H24ClNO3/c1-13(10-15-4-2-6-16(19)11-15)18(23)20-9-3-5-14(12-20)7-8-17(21)22/h2,4,6,11,13-14H,3,5,7-10,12H2,1H3,(H,21,22). The first-order chi connectivity index (χ1) is 11.0. The van der Waals surface area contributed by atoms with Crippen LogP contribution in [0.4, 0.5) is 0 Å². The molecule has 1 fully saturated rings. The fourth-order valence-corrected chi connectivity index (χ4v) is 3.46. The van der Waals surface area contributed by atoms with Crippen LogP contribution >= 0.6 is 11.6 Å². The van der Waals surface area contributed by atoms with E-state index in [4.69, 9.17) is 16.7 Å². The van der Waals surface area contributed by atoms with Gasteiger partial charge in [0.05, 0.1) is 0 Å². The first-order valence-corrected chi connectivity index (χ1v) is 8.58. The Labute approximate surface area is 142 Å². The van der Waals surface area contributed by atoms with Crippen molar-refractivity contribution in [2.24, 2.45) is 11.8 Å². The fraction of sp³-hybridized carbons (Fsp3) is 0.556. The van der Waals surface area contributed by atoms with Crippen molar-refractivity contribution in [3.05, 3.63) is 34.9 Å². The van der Waals surface area contributed by atoms with Crippen LogP contribution in [0.25, 0.3) is 0 Å². The summed E-state index contributed by atoms with van der Waals surface area (Å²) in [4.78, 5) is 25.3. The molecule has 0 saturated carbocycles. The first-order valence-electron chi connectivity index (χ1n) is 8.20. The molecule has 1 saturated heterocycles. The number of benzene rings is 1. The van der Waals surface area contributed by atoms with Crippen molar-refractivity contribution in [1.29, 1.82) is 0 Å². The van der Waals surface area contributed by atoms with Crippen molar-refractivity contribution < 1.29 is 14.7 Å². The molecular weight excluding hydrogens is 314 g/mol. The van der Waals surface area contributed by atoms with Crippen molar-refractivity contribution in [3.8, 4) is 0 Å². The number of carbonyl (C=O) groups is 2. The number of carboxylic acid groups (broad SMARTS) is 1. The quantitative estimate of drug-likeness (QED) is 0.862. The Balaban J connectivity index is 1.89. The average Bonchev–Trinajstić information content (AvgIpc) is 2.52. The third-order valence-electron chi connectivity index (χ3n) is 4.45. The van der Waals surface area contributed by atoms with E-state index >= 15 is 0 Å². The number of carbonyl (C=O) groups excluding carboxylic acids is 1. The zero-order valence-electron chi connectivity index (χ0n) is 13.5. The predicted molar refractivity (Wildman–Crippen MR) is 90.5 cm³/mol. The van der Waals surface area contributed by atoms with Crippen molar-refractivity contribution >= 4 is 23.5 Å². The van der Waals surface area contributed by atoms with Crippen LogP contribution in [0.2, 0.25) is 5.02 Å². The van der Waals surface area contributed by atoms with Gasteiger partial charge in [0, 0.05) is 30.5 Å². The Bertz CT molecular complexity index is 561. The molecular formula is C18H24ClNO3. The minimum absolute atomic E-state index is 0.0910. The molecule has 126 valence electrons. The van der Waals surface area contributed by atoms with Crippen LogP contribution in [0.1, 0.15) is 38.2 Å². The number of hydrogen-bond donors (Lipinski definition) is 1. The van der Waals surface area contributed by atoms with Gasteiger partial charge in [-0.3, -0.25) is 9.59 Å². The van der Waals surface area contributed by atoms with Crippen LogP contribution < -0.4 is 0 Å². The van der Waals surface area contributed by atoms with E-state index in [-0.39, 0.29) is 18.2 Å². The van der Waals surface area contributed by atoms with Gasteiger partial charge in [0.25, 0.3) is 0 Å². The highest BCUT2D eigenvalue weighted by atomic mass is 35.5. The summed E-state index contributed by atoms with van der Waals surface area (Å²) in [5.74, 6) is -0.387. The molecule has 1 aromatic carbocycles. The lowest BCUT2D eigenvalue weighted by molar-refractivity contribution is -0.137. The highest BCUT2D eigenvalue weighted by molar-refractivity contribution is 6.30. The molecule has 1 heterocycles. The minimum Gasteiger partial charge on any atom is -0.481 e. The number of nitrogens with zero attached hydrogens (tertiary/aromatic N) is 1. The Morgan fingerprint density at radius 1 is 1.43 bits per heavy atom. The minimum atomic E-state index is -0.761. The molecule has 2 atom stereocenters. The molecule has 2 unspecified atom stereocenters. The molecule has 0 aliphatic carbocycles. The summed E-state index contributed by atoms with van der Waals surface area (Å²) in [5.41, 5.74) is 1.07. The van der Waals surface area contributed by atoms with Crippen LogP contribution in [-0.2, 0) is 16.0 Å². The number of piperidine rings is 1. The Morgan fingerprint density at radius 2 is 2.22 bits per heavy atom. The lowest BCUT2D eigenvalue weighted by Crippen LogP contribution is -2.43. The molecule has 0 bridgehead atoms. The molecule has 4 nitrogen and oxygen atoms in total. The summed E-state index contributed by atoms with van der Waals surface area (Å²) in [7, 11) is 0. The van der Waals surface area contributed by atoms with E-state index in [1.54, 1.807) is 0 Å². The van der Waals surface area contributed by atoms with Crippen LogP contribution in [0.5, 0.6) is 0 Å². The van der Waals surface area contributed by atoms with Gasteiger partial charge in [0.1, 0.15) is 0 Å². The van der Waals surface area contributed by atoms with Crippen molar-refractivity contribution in [2.45, 2.75) is 39.0 Å². The SMILES string of the molecule is CC(Cc1cccc(Cl)c1)C(=O)N1CCCC(CCC(=O)O)C1. The number of likely N-dealkylation sites (tertiary alicyclic amines) is 1. The van der Waals surface area contributed by atoms with Crippen molar-refractivity contribution in [1.82, 2.24) is 4.90 Å². The molecule has 1 N–H and O–H groups in total. The normalized spacial score (nSPS) is 19.4. The molecule has 1 amide bonds. The molecule has 0 aromatic heterocycles. The van der Waals surface area contributed by atoms with Crippen LogP contribution in [0, 0.1) is 11.8 Å². The second kappa shape index (κ2) is 8.34. The number of halogens is 1. The van der Waals surface area contributed by atoms with Gasteiger partial charge in [-0.25, -0.2) is 0 Å². The number of rotatable bonds is 6. The van der Waals surface area contributed by atoms with E-state index in [1.807, 2.05) is 36.1 Å². The van der Waals surface area contributed by atoms with Gasteiger partial charge in [-0.1, -0.05) is 30.7 Å².